The average molecular weight is 478 g/mol. The quantitative estimate of drug-likeness (QED) is 0.0585. The zero-order chi connectivity index (χ0) is 19.4. The molecular formula is H9KO17P2S3. The van der Waals surface area contributed by atoms with Crippen molar-refractivity contribution in [2.24, 2.45) is 0 Å². The summed E-state index contributed by atoms with van der Waals surface area (Å²) in [4.78, 5) is 43.1. The summed E-state index contributed by atoms with van der Waals surface area (Å²) in [7, 11) is -14.2. The van der Waals surface area contributed by atoms with Crippen molar-refractivity contribution in [1.82, 2.24) is 0 Å². The number of hydrogen-bond acceptors (Lipinski definition) is 8. The van der Waals surface area contributed by atoms with Gasteiger partial charge >= 0.3 is 89.8 Å². The Bertz CT molecular complexity index is 449. The summed E-state index contributed by atoms with van der Waals surface area (Å²) in [6, 6.07) is 0. The van der Waals surface area contributed by atoms with E-state index in [-0.39, 0.29) is 51.4 Å². The molecule has 0 aromatic rings. The van der Waals surface area contributed by atoms with Crippen molar-refractivity contribution in [3.8, 4) is 0 Å². The summed E-state index contributed by atoms with van der Waals surface area (Å²) in [6.07, 6.45) is 0. The second-order valence-corrected chi connectivity index (χ2v) is 6.28. The molecule has 0 saturated carbocycles. The first-order chi connectivity index (χ1) is 9.13. The van der Waals surface area contributed by atoms with Crippen LogP contribution in [0.2, 0.25) is 0 Å². The summed E-state index contributed by atoms with van der Waals surface area (Å²) < 4.78 is 87.8. The molecule has 0 atom stereocenters. The molecule has 0 bridgehead atoms. The first kappa shape index (κ1) is 35.9. The maximum absolute atomic E-state index is 9.35. The first-order valence-electron chi connectivity index (χ1n) is 3.28. The molecule has 0 amide bonds. The predicted octanol–water partition coefficient (Wildman–Crippen LogP) is -6.57. The van der Waals surface area contributed by atoms with Crippen molar-refractivity contribution in [1.29, 1.82) is 0 Å². The molecule has 0 aliphatic carbocycles. The molecule has 0 aliphatic heterocycles. The molecular weight excluding hydrogens is 469 g/mol. The van der Waals surface area contributed by atoms with Gasteiger partial charge in [0, 0.05) is 0 Å². The molecule has 23 heavy (non-hydrogen) atoms. The molecule has 0 unspecified atom stereocenters. The van der Waals surface area contributed by atoms with E-state index < -0.39 is 48.8 Å². The zero-order valence-electron chi connectivity index (χ0n) is 10.4. The van der Waals surface area contributed by atoms with Crippen LogP contribution in [-0.2, 0) is 45.9 Å². The van der Waals surface area contributed by atoms with E-state index in [1.807, 2.05) is 0 Å². The summed E-state index contributed by atoms with van der Waals surface area (Å²) >= 11 is -5.29. The second kappa shape index (κ2) is 17.3. The molecule has 0 aromatic carbocycles. The van der Waals surface area contributed by atoms with Crippen molar-refractivity contribution in [3.63, 3.8) is 0 Å². The summed E-state index contributed by atoms with van der Waals surface area (Å²) in [5, 5.41) is 0. The third-order valence-electron chi connectivity index (χ3n) is 0.116. The van der Waals surface area contributed by atoms with Crippen LogP contribution in [0, 0.1) is 0 Å². The Morgan fingerprint density at radius 1 is 0.826 bits per heavy atom. The molecule has 0 radical (unpaired) electrons. The summed E-state index contributed by atoms with van der Waals surface area (Å²) in [6.45, 7) is 0. The van der Waals surface area contributed by atoms with Crippen LogP contribution in [0.15, 0.2) is 0 Å². The molecule has 0 rings (SSSR count). The summed E-state index contributed by atoms with van der Waals surface area (Å²) in [5.74, 6) is 0. The smallest absolute Gasteiger partial charge is 0.726 e. The van der Waals surface area contributed by atoms with Gasteiger partial charge in [-0.3, -0.25) is 13.7 Å². The third kappa shape index (κ3) is 329. The predicted molar refractivity (Wildman–Crippen MR) is 63.5 cm³/mol. The molecule has 0 spiro atoms. The van der Waals surface area contributed by atoms with Crippen LogP contribution in [0.25, 0.3) is 0 Å². The molecule has 0 aliphatic rings. The molecule has 0 saturated heterocycles. The van der Waals surface area contributed by atoms with Crippen LogP contribution in [0.5, 0.6) is 0 Å². The molecule has 9 N–H and O–H groups in total. The van der Waals surface area contributed by atoms with Crippen LogP contribution < -0.4 is 51.4 Å². The average Bonchev–Trinajstić information content (AvgIpc) is 1.87. The van der Waals surface area contributed by atoms with Gasteiger partial charge in [-0.15, -0.1) is 3.63 Å². The molecule has 23 heteroatoms. The van der Waals surface area contributed by atoms with Crippen molar-refractivity contribution >= 4 is 48.8 Å². The number of hydrogen-bond donors (Lipinski definition) is 9. The van der Waals surface area contributed by atoms with Crippen molar-refractivity contribution < 1.29 is 129 Å². The van der Waals surface area contributed by atoms with Gasteiger partial charge in [-0.25, -0.2) is 17.5 Å². The summed E-state index contributed by atoms with van der Waals surface area (Å²) in [5.41, 5.74) is 0. The fourth-order valence-corrected chi connectivity index (χ4v) is 0.448. The Labute approximate surface area is 175 Å². The van der Waals surface area contributed by atoms with E-state index >= 15 is 0 Å². The minimum atomic E-state index is -4.92. The molecule has 17 nitrogen and oxygen atoms in total. The Hall–Kier alpha value is 1.91. The third-order valence-corrected chi connectivity index (χ3v) is 1.05. The standard InChI is InChI=1S/K.H2O5S2.2H3O4P.H2O4S/c;1-6(2)5-7(3)4;3*1-5(2,3)4/h;(H,1,2)(H,3,4);2*(H3,1,2,3,4);(H2,1,2,3,4)/q+1;;;;/p-1. The van der Waals surface area contributed by atoms with Gasteiger partial charge in [0.2, 0.25) is 10.4 Å². The molecule has 0 fully saturated rings. The van der Waals surface area contributed by atoms with E-state index in [1.54, 1.807) is 0 Å². The van der Waals surface area contributed by atoms with E-state index in [4.69, 9.17) is 65.1 Å². The van der Waals surface area contributed by atoms with Gasteiger partial charge < -0.3 is 33.9 Å². The van der Waals surface area contributed by atoms with E-state index in [9.17, 15) is 8.42 Å². The Kier molecular flexibility index (Phi) is 27.1. The minimum Gasteiger partial charge on any atom is -0.726 e. The van der Waals surface area contributed by atoms with Crippen LogP contribution in [0.3, 0.4) is 0 Å². The fourth-order valence-electron chi connectivity index (χ4n) is 0.0498. The van der Waals surface area contributed by atoms with Gasteiger partial charge in [-0.05, 0) is 0 Å². The zero-order valence-corrected chi connectivity index (χ0v) is 17.8. The maximum atomic E-state index is 9.35. The van der Waals surface area contributed by atoms with Gasteiger partial charge in [0.05, 0.1) is 0 Å². The monoisotopic (exact) mass is 478 g/mol. The van der Waals surface area contributed by atoms with Crippen molar-refractivity contribution in [2.45, 2.75) is 0 Å². The molecule has 0 heterocycles. The van der Waals surface area contributed by atoms with Crippen molar-refractivity contribution in [2.75, 3.05) is 0 Å². The maximum Gasteiger partial charge on any atom is 1.00 e. The van der Waals surface area contributed by atoms with E-state index in [2.05, 4.69) is 3.63 Å². The first-order valence-corrected chi connectivity index (χ1v) is 9.84. The minimum absolute atomic E-state index is 0. The normalized spacial score (nSPS) is 13.3. The van der Waals surface area contributed by atoms with Crippen LogP contribution in [0.4, 0.5) is 0 Å². The topological polar surface area (TPSA) is 317 Å². The van der Waals surface area contributed by atoms with Crippen LogP contribution in [-0.4, -0.2) is 64.4 Å². The molecule has 0 aromatic heterocycles. The SMILES string of the molecule is O=P(O)(O)O.O=P(O)(O)O.O=S(=O)([O-])O.O=S(O)OS(=O)O.[K+]. The number of phosphoric acid groups is 2. The van der Waals surface area contributed by atoms with Crippen LogP contribution in [0.1, 0.15) is 0 Å². The largest absolute Gasteiger partial charge is 1.00 e. The Morgan fingerprint density at radius 3 is 0.913 bits per heavy atom. The van der Waals surface area contributed by atoms with Gasteiger partial charge in [0.1, 0.15) is 0 Å². The van der Waals surface area contributed by atoms with Gasteiger partial charge in [0.25, 0.3) is 0 Å². The number of rotatable bonds is 2. The van der Waals surface area contributed by atoms with E-state index in [0.29, 0.717) is 0 Å². The van der Waals surface area contributed by atoms with Crippen molar-refractivity contribution in [3.05, 3.63) is 0 Å². The Balaban J connectivity index is -0.0000000625. The van der Waals surface area contributed by atoms with Gasteiger partial charge in [-0.1, -0.05) is 0 Å². The van der Waals surface area contributed by atoms with E-state index in [0.717, 1.165) is 0 Å². The Morgan fingerprint density at radius 2 is 0.913 bits per heavy atom. The van der Waals surface area contributed by atoms with Gasteiger partial charge in [0.15, 0.2) is 0 Å². The molecule has 140 valence electrons. The van der Waals surface area contributed by atoms with E-state index in [1.165, 1.54) is 0 Å². The fraction of sp³-hybridized carbons (Fsp3) is 0. The second-order valence-electron chi connectivity index (χ2n) is 1.96. The van der Waals surface area contributed by atoms with Crippen LogP contribution >= 0.6 is 15.6 Å². The van der Waals surface area contributed by atoms with Gasteiger partial charge in [-0.2, -0.15) is 8.42 Å².